The van der Waals surface area contributed by atoms with Gasteiger partial charge in [-0.2, -0.15) is 0 Å². The van der Waals surface area contributed by atoms with E-state index in [-0.39, 0.29) is 5.97 Å². The summed E-state index contributed by atoms with van der Waals surface area (Å²) in [7, 11) is 1.44. The lowest BCUT2D eigenvalue weighted by atomic mass is 9.93. The normalized spacial score (nSPS) is 18.5. The summed E-state index contributed by atoms with van der Waals surface area (Å²) < 4.78 is 4.76. The van der Waals surface area contributed by atoms with Gasteiger partial charge in [-0.05, 0) is 29.5 Å². The van der Waals surface area contributed by atoms with Gasteiger partial charge in [0.1, 0.15) is 0 Å². The summed E-state index contributed by atoms with van der Waals surface area (Å²) in [5.74, 6) is -0.172. The molecule has 0 atom stereocenters. The Bertz CT molecular complexity index is 454. The number of rotatable bonds is 4. The van der Waals surface area contributed by atoms with E-state index in [1.807, 2.05) is 18.2 Å². The summed E-state index contributed by atoms with van der Waals surface area (Å²) >= 11 is 0. The van der Waals surface area contributed by atoms with E-state index in [0.717, 1.165) is 25.2 Å². The fraction of sp³-hybridized carbons (Fsp3) is 0.562. The van der Waals surface area contributed by atoms with Crippen molar-refractivity contribution in [1.29, 1.82) is 0 Å². The van der Waals surface area contributed by atoms with Gasteiger partial charge in [-0.3, -0.25) is 9.69 Å². The second-order valence-corrected chi connectivity index (χ2v) is 6.15. The molecule has 0 N–H and O–H groups in total. The van der Waals surface area contributed by atoms with Crippen molar-refractivity contribution in [2.75, 3.05) is 20.2 Å². The molecule has 0 radical (unpaired) electrons. The molecule has 0 spiro atoms. The first-order valence-electron chi connectivity index (χ1n) is 6.86. The maximum absolute atomic E-state index is 11.4. The minimum atomic E-state index is -0.172. The van der Waals surface area contributed by atoms with Crippen LogP contribution in [0.2, 0.25) is 0 Å². The highest BCUT2D eigenvalue weighted by Crippen LogP contribution is 2.30. The van der Waals surface area contributed by atoms with Gasteiger partial charge in [0, 0.05) is 13.1 Å². The highest BCUT2D eigenvalue weighted by molar-refractivity contribution is 5.72. The molecular formula is C16H23NO2. The van der Waals surface area contributed by atoms with Crippen LogP contribution in [-0.2, 0) is 22.5 Å². The van der Waals surface area contributed by atoms with Crippen LogP contribution in [-0.4, -0.2) is 31.1 Å². The van der Waals surface area contributed by atoms with Crippen molar-refractivity contribution in [3.8, 4) is 0 Å². The molecule has 1 aromatic carbocycles. The third kappa shape index (κ3) is 3.80. The average Bonchev–Trinajstić information content (AvgIpc) is 2.71. The first kappa shape index (κ1) is 14.1. The van der Waals surface area contributed by atoms with Gasteiger partial charge in [-0.15, -0.1) is 0 Å². The first-order valence-corrected chi connectivity index (χ1v) is 6.86. The van der Waals surface area contributed by atoms with Crippen LogP contribution in [0.25, 0.3) is 0 Å². The van der Waals surface area contributed by atoms with Crippen LogP contribution in [0.4, 0.5) is 0 Å². The van der Waals surface area contributed by atoms with Crippen molar-refractivity contribution in [2.45, 2.75) is 33.2 Å². The van der Waals surface area contributed by atoms with Crippen LogP contribution in [0.3, 0.4) is 0 Å². The Labute approximate surface area is 115 Å². The largest absolute Gasteiger partial charge is 0.469 e. The number of methoxy groups -OCH3 is 1. The molecule has 3 nitrogen and oxygen atoms in total. The Morgan fingerprint density at radius 3 is 2.58 bits per heavy atom. The van der Waals surface area contributed by atoms with Crippen molar-refractivity contribution >= 4 is 5.97 Å². The predicted octanol–water partition coefficient (Wildman–Crippen LogP) is 2.63. The van der Waals surface area contributed by atoms with Crippen molar-refractivity contribution < 1.29 is 9.53 Å². The lowest BCUT2D eigenvalue weighted by Gasteiger charge is -2.20. The summed E-state index contributed by atoms with van der Waals surface area (Å²) in [6.07, 6.45) is 1.61. The fourth-order valence-corrected chi connectivity index (χ4v) is 2.71. The zero-order chi connectivity index (χ0) is 13.9. The van der Waals surface area contributed by atoms with Gasteiger partial charge in [0.2, 0.25) is 0 Å². The smallest absolute Gasteiger partial charge is 0.309 e. The number of esters is 1. The van der Waals surface area contributed by atoms with E-state index < -0.39 is 0 Å². The zero-order valence-corrected chi connectivity index (χ0v) is 12.1. The van der Waals surface area contributed by atoms with Crippen LogP contribution in [0.5, 0.6) is 0 Å². The predicted molar refractivity (Wildman–Crippen MR) is 75.8 cm³/mol. The molecule has 0 amide bonds. The Morgan fingerprint density at radius 2 is 2.00 bits per heavy atom. The van der Waals surface area contributed by atoms with Crippen LogP contribution < -0.4 is 0 Å². The zero-order valence-electron chi connectivity index (χ0n) is 12.1. The van der Waals surface area contributed by atoms with Crippen molar-refractivity contribution in [3.63, 3.8) is 0 Å². The fourth-order valence-electron chi connectivity index (χ4n) is 2.71. The molecule has 3 heteroatoms. The third-order valence-corrected chi connectivity index (χ3v) is 3.83. The molecule has 1 fully saturated rings. The lowest BCUT2D eigenvalue weighted by molar-refractivity contribution is -0.139. The number of ether oxygens (including phenoxy) is 1. The second-order valence-electron chi connectivity index (χ2n) is 6.15. The SMILES string of the molecule is COC(=O)Cc1ccccc1CN1CCC(C)(C)C1. The Balaban J connectivity index is 2.06. The molecule has 0 unspecified atom stereocenters. The van der Waals surface area contributed by atoms with Crippen LogP contribution in [0.1, 0.15) is 31.4 Å². The van der Waals surface area contributed by atoms with Crippen LogP contribution >= 0.6 is 0 Å². The standard InChI is InChI=1S/C16H23NO2/c1-16(2)8-9-17(12-16)11-14-7-5-4-6-13(14)10-15(18)19-3/h4-7H,8-12H2,1-3H3. The Hall–Kier alpha value is -1.35. The molecule has 0 saturated carbocycles. The van der Waals surface area contributed by atoms with E-state index in [9.17, 15) is 4.79 Å². The van der Waals surface area contributed by atoms with Gasteiger partial charge >= 0.3 is 5.97 Å². The van der Waals surface area contributed by atoms with E-state index in [0.29, 0.717) is 11.8 Å². The molecule has 1 aliphatic heterocycles. The molecule has 1 saturated heterocycles. The Kier molecular flexibility index (Phi) is 4.25. The van der Waals surface area contributed by atoms with E-state index in [1.165, 1.54) is 19.1 Å². The molecule has 0 aliphatic carbocycles. The maximum Gasteiger partial charge on any atom is 0.309 e. The van der Waals surface area contributed by atoms with Crippen LogP contribution in [0, 0.1) is 5.41 Å². The lowest BCUT2D eigenvalue weighted by Crippen LogP contribution is -2.23. The number of carbonyl (C=O) groups excluding carboxylic acids is 1. The van der Waals surface area contributed by atoms with Gasteiger partial charge in [-0.25, -0.2) is 0 Å². The molecule has 0 bridgehead atoms. The number of hydrogen-bond donors (Lipinski definition) is 0. The summed E-state index contributed by atoms with van der Waals surface area (Å²) in [6.45, 7) is 7.82. The van der Waals surface area contributed by atoms with E-state index in [4.69, 9.17) is 4.74 Å². The van der Waals surface area contributed by atoms with Gasteiger partial charge in [-0.1, -0.05) is 38.1 Å². The molecular weight excluding hydrogens is 238 g/mol. The first-order chi connectivity index (χ1) is 9.00. The van der Waals surface area contributed by atoms with Crippen molar-refractivity contribution in [2.24, 2.45) is 5.41 Å². The van der Waals surface area contributed by atoms with Gasteiger partial charge < -0.3 is 4.74 Å². The van der Waals surface area contributed by atoms with Gasteiger partial charge in [0.15, 0.2) is 0 Å². The number of likely N-dealkylation sites (tertiary alicyclic amines) is 1. The molecule has 104 valence electrons. The summed E-state index contributed by atoms with van der Waals surface area (Å²) in [5, 5.41) is 0. The second kappa shape index (κ2) is 5.74. The van der Waals surface area contributed by atoms with E-state index in [2.05, 4.69) is 24.8 Å². The van der Waals surface area contributed by atoms with Crippen molar-refractivity contribution in [1.82, 2.24) is 4.90 Å². The maximum atomic E-state index is 11.4. The molecule has 19 heavy (non-hydrogen) atoms. The van der Waals surface area contributed by atoms with E-state index in [1.54, 1.807) is 0 Å². The monoisotopic (exact) mass is 261 g/mol. The number of hydrogen-bond acceptors (Lipinski definition) is 3. The summed E-state index contributed by atoms with van der Waals surface area (Å²) in [6, 6.07) is 8.16. The highest BCUT2D eigenvalue weighted by Gasteiger charge is 2.29. The van der Waals surface area contributed by atoms with Crippen LogP contribution in [0.15, 0.2) is 24.3 Å². The molecule has 2 rings (SSSR count). The summed E-state index contributed by atoms with van der Waals surface area (Å²) in [5.41, 5.74) is 2.74. The third-order valence-electron chi connectivity index (χ3n) is 3.83. The average molecular weight is 261 g/mol. The Morgan fingerprint density at radius 1 is 1.32 bits per heavy atom. The number of nitrogens with zero attached hydrogens (tertiary/aromatic N) is 1. The highest BCUT2D eigenvalue weighted by atomic mass is 16.5. The number of carbonyl (C=O) groups is 1. The minimum absolute atomic E-state index is 0.172. The van der Waals surface area contributed by atoms with E-state index >= 15 is 0 Å². The topological polar surface area (TPSA) is 29.5 Å². The van der Waals surface area contributed by atoms with Gasteiger partial charge in [0.05, 0.1) is 13.5 Å². The minimum Gasteiger partial charge on any atom is -0.469 e. The van der Waals surface area contributed by atoms with Crippen molar-refractivity contribution in [3.05, 3.63) is 35.4 Å². The quantitative estimate of drug-likeness (QED) is 0.780. The molecule has 1 heterocycles. The number of benzene rings is 1. The molecule has 0 aromatic heterocycles. The molecule has 1 aliphatic rings. The summed E-state index contributed by atoms with van der Waals surface area (Å²) in [4.78, 5) is 13.9. The molecule has 1 aromatic rings. The van der Waals surface area contributed by atoms with Gasteiger partial charge in [0.25, 0.3) is 0 Å².